The Labute approximate surface area is 74.9 Å². The topological polar surface area (TPSA) is 30.7 Å². The molecule has 1 heterocycles. The lowest BCUT2D eigenvalue weighted by atomic mass is 10.3. The van der Waals surface area contributed by atoms with Gasteiger partial charge in [0.1, 0.15) is 11.0 Å². The number of nitrogens with zero attached hydrogens (tertiary/aromatic N) is 3. The molecule has 12 heavy (non-hydrogen) atoms. The molecule has 0 spiro atoms. The molecule has 2 aromatic rings. The monoisotopic (exact) mass is 181 g/mol. The first-order chi connectivity index (χ1) is 5.79. The van der Waals surface area contributed by atoms with Crippen molar-refractivity contribution in [2.75, 3.05) is 0 Å². The molecule has 0 aliphatic heterocycles. The zero-order valence-electron chi connectivity index (χ0n) is 6.61. The van der Waals surface area contributed by atoms with E-state index in [0.717, 1.165) is 11.0 Å². The average molecular weight is 182 g/mol. The standard InChI is InChI=1S/C8H8ClN3/c1-6(9)12-8-5-3-2-4-7(8)10-11-12/h2-6H,1H3/t6-/m1/s1. The summed E-state index contributed by atoms with van der Waals surface area (Å²) in [7, 11) is 0. The van der Waals surface area contributed by atoms with E-state index in [9.17, 15) is 0 Å². The number of fused-ring (bicyclic) bond motifs is 1. The second-order valence-electron chi connectivity index (χ2n) is 2.60. The summed E-state index contributed by atoms with van der Waals surface area (Å²) in [6, 6.07) is 7.74. The van der Waals surface area contributed by atoms with Crippen LogP contribution in [0.2, 0.25) is 0 Å². The van der Waals surface area contributed by atoms with Gasteiger partial charge < -0.3 is 0 Å². The molecule has 0 radical (unpaired) electrons. The van der Waals surface area contributed by atoms with Crippen LogP contribution in [0.1, 0.15) is 12.4 Å². The van der Waals surface area contributed by atoms with Crippen LogP contribution in [-0.2, 0) is 0 Å². The maximum absolute atomic E-state index is 5.88. The molecule has 0 amide bonds. The first-order valence-electron chi connectivity index (χ1n) is 3.73. The predicted octanol–water partition coefficient (Wildman–Crippen LogP) is 2.19. The summed E-state index contributed by atoms with van der Waals surface area (Å²) in [6.07, 6.45) is 0. The molecule has 0 aliphatic rings. The van der Waals surface area contributed by atoms with Gasteiger partial charge >= 0.3 is 0 Å². The van der Waals surface area contributed by atoms with E-state index in [-0.39, 0.29) is 5.50 Å². The van der Waals surface area contributed by atoms with E-state index in [2.05, 4.69) is 10.3 Å². The van der Waals surface area contributed by atoms with Crippen molar-refractivity contribution >= 4 is 22.6 Å². The van der Waals surface area contributed by atoms with Gasteiger partial charge in [0.15, 0.2) is 0 Å². The van der Waals surface area contributed by atoms with E-state index >= 15 is 0 Å². The highest BCUT2D eigenvalue weighted by molar-refractivity contribution is 6.19. The molecular formula is C8H8ClN3. The minimum Gasteiger partial charge on any atom is -0.227 e. The van der Waals surface area contributed by atoms with Crippen molar-refractivity contribution in [2.45, 2.75) is 12.4 Å². The third kappa shape index (κ3) is 1.06. The fourth-order valence-electron chi connectivity index (χ4n) is 1.15. The van der Waals surface area contributed by atoms with Gasteiger partial charge in [0.05, 0.1) is 5.52 Å². The van der Waals surface area contributed by atoms with Crippen LogP contribution in [0, 0.1) is 0 Å². The van der Waals surface area contributed by atoms with E-state index in [1.165, 1.54) is 0 Å². The van der Waals surface area contributed by atoms with Crippen molar-refractivity contribution in [1.29, 1.82) is 0 Å². The van der Waals surface area contributed by atoms with E-state index in [1.54, 1.807) is 4.68 Å². The van der Waals surface area contributed by atoms with Crippen molar-refractivity contribution in [3.63, 3.8) is 0 Å². The first-order valence-corrected chi connectivity index (χ1v) is 4.16. The summed E-state index contributed by atoms with van der Waals surface area (Å²) >= 11 is 5.88. The lowest BCUT2D eigenvalue weighted by molar-refractivity contribution is 0.623. The van der Waals surface area contributed by atoms with Crippen LogP contribution >= 0.6 is 11.6 Å². The van der Waals surface area contributed by atoms with Crippen LogP contribution < -0.4 is 0 Å². The Bertz CT molecular complexity index is 394. The predicted molar refractivity (Wildman–Crippen MR) is 48.1 cm³/mol. The SMILES string of the molecule is C[C@H](Cl)n1nnc2ccccc21. The van der Waals surface area contributed by atoms with Gasteiger partial charge in [-0.25, -0.2) is 4.68 Å². The molecule has 2 rings (SSSR count). The fourth-order valence-corrected chi connectivity index (χ4v) is 1.29. The summed E-state index contributed by atoms with van der Waals surface area (Å²) in [5.74, 6) is 0. The fraction of sp³-hybridized carbons (Fsp3) is 0.250. The van der Waals surface area contributed by atoms with Crippen LogP contribution in [-0.4, -0.2) is 15.0 Å². The minimum atomic E-state index is -0.155. The highest BCUT2D eigenvalue weighted by Crippen LogP contribution is 2.16. The molecule has 3 nitrogen and oxygen atoms in total. The number of hydrogen-bond donors (Lipinski definition) is 0. The summed E-state index contributed by atoms with van der Waals surface area (Å²) in [5.41, 5.74) is 1.70. The van der Waals surface area contributed by atoms with E-state index in [4.69, 9.17) is 11.6 Å². The van der Waals surface area contributed by atoms with Crippen LogP contribution in [0.25, 0.3) is 11.0 Å². The summed E-state index contributed by atoms with van der Waals surface area (Å²) in [4.78, 5) is 0. The van der Waals surface area contributed by atoms with E-state index < -0.39 is 0 Å². The van der Waals surface area contributed by atoms with Crippen molar-refractivity contribution in [1.82, 2.24) is 15.0 Å². The van der Waals surface area contributed by atoms with E-state index in [1.807, 2.05) is 31.2 Å². The van der Waals surface area contributed by atoms with Crippen LogP contribution in [0.3, 0.4) is 0 Å². The second kappa shape index (κ2) is 2.75. The normalized spacial score (nSPS) is 13.5. The van der Waals surface area contributed by atoms with Gasteiger partial charge in [-0.05, 0) is 19.1 Å². The molecule has 0 N–H and O–H groups in total. The maximum atomic E-state index is 5.88. The van der Waals surface area contributed by atoms with Gasteiger partial charge in [-0.3, -0.25) is 0 Å². The number of para-hydroxylation sites is 1. The van der Waals surface area contributed by atoms with Crippen LogP contribution in [0.5, 0.6) is 0 Å². The number of alkyl halides is 1. The lowest BCUT2D eigenvalue weighted by Gasteiger charge is -2.01. The largest absolute Gasteiger partial charge is 0.227 e. The molecule has 62 valence electrons. The first kappa shape index (κ1) is 7.55. The molecular weight excluding hydrogens is 174 g/mol. The maximum Gasteiger partial charge on any atom is 0.125 e. The third-order valence-corrected chi connectivity index (χ3v) is 1.90. The molecule has 0 saturated heterocycles. The van der Waals surface area contributed by atoms with Crippen molar-refractivity contribution in [2.24, 2.45) is 0 Å². The molecule has 1 aromatic carbocycles. The molecule has 0 fully saturated rings. The van der Waals surface area contributed by atoms with Gasteiger partial charge in [-0.15, -0.1) is 5.10 Å². The zero-order valence-corrected chi connectivity index (χ0v) is 7.36. The molecule has 0 saturated carbocycles. The molecule has 1 atom stereocenters. The quantitative estimate of drug-likeness (QED) is 0.632. The number of rotatable bonds is 1. The smallest absolute Gasteiger partial charge is 0.125 e. The molecule has 0 aliphatic carbocycles. The van der Waals surface area contributed by atoms with E-state index in [0.29, 0.717) is 0 Å². The minimum absolute atomic E-state index is 0.155. The number of hydrogen-bond acceptors (Lipinski definition) is 2. The Balaban J connectivity index is 2.70. The summed E-state index contributed by atoms with van der Waals surface area (Å²) in [5, 5.41) is 7.90. The van der Waals surface area contributed by atoms with Crippen LogP contribution in [0.4, 0.5) is 0 Å². The van der Waals surface area contributed by atoms with Gasteiger partial charge in [-0.1, -0.05) is 28.9 Å². The Morgan fingerprint density at radius 3 is 2.92 bits per heavy atom. The van der Waals surface area contributed by atoms with Gasteiger partial charge in [0, 0.05) is 0 Å². The number of aromatic nitrogens is 3. The molecule has 1 aromatic heterocycles. The number of benzene rings is 1. The van der Waals surface area contributed by atoms with Gasteiger partial charge in [-0.2, -0.15) is 0 Å². The Morgan fingerprint density at radius 2 is 2.17 bits per heavy atom. The van der Waals surface area contributed by atoms with Gasteiger partial charge in [0.25, 0.3) is 0 Å². The van der Waals surface area contributed by atoms with Crippen molar-refractivity contribution in [3.8, 4) is 0 Å². The zero-order chi connectivity index (χ0) is 8.55. The molecule has 0 bridgehead atoms. The third-order valence-electron chi connectivity index (χ3n) is 1.71. The molecule has 0 unspecified atom stereocenters. The average Bonchev–Trinajstić information content (AvgIpc) is 2.47. The van der Waals surface area contributed by atoms with Gasteiger partial charge in [0.2, 0.25) is 0 Å². The Kier molecular flexibility index (Phi) is 1.73. The lowest BCUT2D eigenvalue weighted by Crippen LogP contribution is -1.99. The second-order valence-corrected chi connectivity index (χ2v) is 3.23. The Morgan fingerprint density at radius 1 is 1.42 bits per heavy atom. The molecule has 4 heteroatoms. The number of halogens is 1. The van der Waals surface area contributed by atoms with Crippen molar-refractivity contribution in [3.05, 3.63) is 24.3 Å². The van der Waals surface area contributed by atoms with Crippen LogP contribution in [0.15, 0.2) is 24.3 Å². The summed E-state index contributed by atoms with van der Waals surface area (Å²) in [6.45, 7) is 1.86. The summed E-state index contributed by atoms with van der Waals surface area (Å²) < 4.78 is 1.69. The highest BCUT2D eigenvalue weighted by atomic mass is 35.5. The Hall–Kier alpha value is -1.09. The van der Waals surface area contributed by atoms with Crippen molar-refractivity contribution < 1.29 is 0 Å². The highest BCUT2D eigenvalue weighted by Gasteiger charge is 2.06.